The number of unbranched alkanes of at least 4 members (excludes halogenated alkanes) is 3. The van der Waals surface area contributed by atoms with Crippen molar-refractivity contribution < 1.29 is 10.2 Å². The van der Waals surface area contributed by atoms with Gasteiger partial charge in [-0.05, 0) is 92.3 Å². The van der Waals surface area contributed by atoms with Gasteiger partial charge in [0.25, 0.3) is 0 Å². The largest absolute Gasteiger partial charge is 0.393 e. The second-order valence-corrected chi connectivity index (χ2v) is 11.3. The third-order valence-electron chi connectivity index (χ3n) is 9.97. The number of hydrogen-bond acceptors (Lipinski definition) is 2. The first-order valence-corrected chi connectivity index (χ1v) is 12.5. The fraction of sp³-hybridized carbons (Fsp3) is 0.923. The van der Waals surface area contributed by atoms with Crippen LogP contribution >= 0.6 is 0 Å². The Morgan fingerprint density at radius 3 is 2.64 bits per heavy atom. The fourth-order valence-corrected chi connectivity index (χ4v) is 8.30. The highest BCUT2D eigenvalue weighted by Crippen LogP contribution is 2.66. The van der Waals surface area contributed by atoms with Crippen LogP contribution in [0.5, 0.6) is 0 Å². The second kappa shape index (κ2) is 8.06. The van der Waals surface area contributed by atoms with Crippen molar-refractivity contribution in [1.29, 1.82) is 0 Å². The van der Waals surface area contributed by atoms with E-state index in [0.29, 0.717) is 16.7 Å². The van der Waals surface area contributed by atoms with Crippen LogP contribution in [0.2, 0.25) is 0 Å². The number of allylic oxidation sites excluding steroid dienone is 1. The first-order chi connectivity index (χ1) is 13.4. The number of hydrogen-bond donors (Lipinski definition) is 2. The summed E-state index contributed by atoms with van der Waals surface area (Å²) >= 11 is 0. The Kier molecular flexibility index (Phi) is 6.02. The molecule has 4 aliphatic rings. The smallest absolute Gasteiger partial charge is 0.0577 e. The van der Waals surface area contributed by atoms with Gasteiger partial charge in [-0.2, -0.15) is 0 Å². The van der Waals surface area contributed by atoms with Crippen LogP contribution in [0.1, 0.15) is 104 Å². The molecule has 2 nitrogen and oxygen atoms in total. The molecule has 0 heterocycles. The maximum Gasteiger partial charge on any atom is 0.0577 e. The molecule has 0 aliphatic heterocycles. The molecule has 8 atom stereocenters. The van der Waals surface area contributed by atoms with Crippen LogP contribution in [-0.4, -0.2) is 22.4 Å². The summed E-state index contributed by atoms with van der Waals surface area (Å²) in [6.45, 7) is 7.31. The van der Waals surface area contributed by atoms with Crippen LogP contribution in [0, 0.1) is 34.5 Å². The third-order valence-corrected chi connectivity index (χ3v) is 9.97. The third kappa shape index (κ3) is 3.41. The highest BCUT2D eigenvalue weighted by atomic mass is 16.3. The van der Waals surface area contributed by atoms with E-state index >= 15 is 0 Å². The van der Waals surface area contributed by atoms with Gasteiger partial charge >= 0.3 is 0 Å². The van der Waals surface area contributed by atoms with Gasteiger partial charge < -0.3 is 10.2 Å². The predicted molar refractivity (Wildman–Crippen MR) is 116 cm³/mol. The molecule has 0 saturated heterocycles. The Hall–Kier alpha value is -0.340. The normalized spacial score (nSPS) is 46.3. The summed E-state index contributed by atoms with van der Waals surface area (Å²) in [5, 5.41) is 21.3. The van der Waals surface area contributed by atoms with Crippen molar-refractivity contribution in [2.24, 2.45) is 34.5 Å². The Morgan fingerprint density at radius 2 is 1.86 bits per heavy atom. The molecule has 160 valence electrons. The molecule has 0 spiro atoms. The number of aliphatic hydroxyl groups is 2. The van der Waals surface area contributed by atoms with E-state index in [0.717, 1.165) is 37.0 Å². The van der Waals surface area contributed by atoms with Crippen LogP contribution in [0.25, 0.3) is 0 Å². The Labute approximate surface area is 173 Å². The lowest BCUT2D eigenvalue weighted by Crippen LogP contribution is -2.51. The lowest BCUT2D eigenvalue weighted by molar-refractivity contribution is -0.0716. The van der Waals surface area contributed by atoms with Crippen LogP contribution in [0.4, 0.5) is 0 Å². The Balaban J connectivity index is 1.47. The van der Waals surface area contributed by atoms with Gasteiger partial charge in [-0.3, -0.25) is 0 Å². The van der Waals surface area contributed by atoms with Gasteiger partial charge in [-0.15, -0.1) is 0 Å². The Bertz CT molecular complexity index is 583. The minimum Gasteiger partial charge on any atom is -0.393 e. The van der Waals surface area contributed by atoms with Crippen LogP contribution in [0.15, 0.2) is 11.6 Å². The quantitative estimate of drug-likeness (QED) is 0.416. The molecule has 5 unspecified atom stereocenters. The molecule has 2 N–H and O–H groups in total. The summed E-state index contributed by atoms with van der Waals surface area (Å²) in [5.74, 6) is 2.92. The first-order valence-electron chi connectivity index (χ1n) is 12.5. The van der Waals surface area contributed by atoms with Crippen molar-refractivity contribution >= 4 is 0 Å². The van der Waals surface area contributed by atoms with Crippen LogP contribution < -0.4 is 0 Å². The average molecular weight is 389 g/mol. The van der Waals surface area contributed by atoms with Crippen molar-refractivity contribution in [3.8, 4) is 0 Å². The van der Waals surface area contributed by atoms with Crippen molar-refractivity contribution in [2.75, 3.05) is 0 Å². The molecule has 0 aromatic rings. The monoisotopic (exact) mass is 388 g/mol. The molecule has 0 aromatic heterocycles. The van der Waals surface area contributed by atoms with Crippen LogP contribution in [0.3, 0.4) is 0 Å². The molecule has 28 heavy (non-hydrogen) atoms. The average Bonchev–Trinajstić information content (AvgIpc) is 3.03. The van der Waals surface area contributed by atoms with E-state index < -0.39 is 0 Å². The summed E-state index contributed by atoms with van der Waals surface area (Å²) in [6.07, 6.45) is 17.9. The SMILES string of the molecule is CCCCCC[C@H](O)C1CCC2C3CC=C4CC(O)CC[C@]4(C)C3CC[C@@]21C. The summed E-state index contributed by atoms with van der Waals surface area (Å²) in [4.78, 5) is 0. The summed E-state index contributed by atoms with van der Waals surface area (Å²) < 4.78 is 0. The molecule has 4 rings (SSSR count). The van der Waals surface area contributed by atoms with Gasteiger partial charge in [-0.1, -0.05) is 58.1 Å². The molecule has 0 radical (unpaired) electrons. The summed E-state index contributed by atoms with van der Waals surface area (Å²) in [7, 11) is 0. The van der Waals surface area contributed by atoms with E-state index in [2.05, 4.69) is 26.8 Å². The topological polar surface area (TPSA) is 40.5 Å². The minimum absolute atomic E-state index is 0.0847. The molecule has 3 fully saturated rings. The zero-order valence-electron chi connectivity index (χ0n) is 18.6. The molecule has 0 bridgehead atoms. The van der Waals surface area contributed by atoms with Crippen molar-refractivity contribution in [3.63, 3.8) is 0 Å². The highest BCUT2D eigenvalue weighted by Gasteiger charge is 2.59. The minimum atomic E-state index is -0.108. The van der Waals surface area contributed by atoms with E-state index in [1.807, 2.05) is 0 Å². The summed E-state index contributed by atoms with van der Waals surface area (Å²) in [6, 6.07) is 0. The van der Waals surface area contributed by atoms with E-state index in [4.69, 9.17) is 0 Å². The zero-order valence-corrected chi connectivity index (χ0v) is 18.6. The van der Waals surface area contributed by atoms with Gasteiger partial charge in [0.15, 0.2) is 0 Å². The number of rotatable bonds is 6. The predicted octanol–water partition coefficient (Wildman–Crippen LogP) is 6.26. The lowest BCUT2D eigenvalue weighted by Gasteiger charge is -2.58. The number of fused-ring (bicyclic) bond motifs is 5. The zero-order chi connectivity index (χ0) is 19.9. The summed E-state index contributed by atoms with van der Waals surface area (Å²) in [5.41, 5.74) is 2.25. The fourth-order valence-electron chi connectivity index (χ4n) is 8.30. The molecular weight excluding hydrogens is 344 g/mol. The Morgan fingerprint density at radius 1 is 1.04 bits per heavy atom. The van der Waals surface area contributed by atoms with Gasteiger partial charge in [0.2, 0.25) is 0 Å². The molecule has 0 amide bonds. The van der Waals surface area contributed by atoms with Crippen molar-refractivity contribution in [1.82, 2.24) is 0 Å². The van der Waals surface area contributed by atoms with E-state index in [-0.39, 0.29) is 12.2 Å². The van der Waals surface area contributed by atoms with Crippen molar-refractivity contribution in [3.05, 3.63) is 11.6 Å². The molecular formula is C26H44O2. The molecule has 0 aromatic carbocycles. The standard InChI is InChI=1S/C26H44O2/c1-4-5-6-7-8-24(28)23-12-11-21-20-10-9-18-17-19(27)13-15-25(18,2)22(20)14-16-26(21,23)3/h9,19-24,27-28H,4-8,10-17H2,1-3H3/t19?,20?,21?,22?,23?,24-,25-,26-/m0/s1. The highest BCUT2D eigenvalue weighted by molar-refractivity contribution is 5.25. The second-order valence-electron chi connectivity index (χ2n) is 11.3. The van der Waals surface area contributed by atoms with Gasteiger partial charge in [0.05, 0.1) is 12.2 Å². The first kappa shape index (κ1) is 20.9. The van der Waals surface area contributed by atoms with Gasteiger partial charge in [0.1, 0.15) is 0 Å². The molecule has 4 aliphatic carbocycles. The molecule has 3 saturated carbocycles. The van der Waals surface area contributed by atoms with Crippen LogP contribution in [-0.2, 0) is 0 Å². The maximum absolute atomic E-state index is 11.1. The maximum atomic E-state index is 11.1. The van der Waals surface area contributed by atoms with Gasteiger partial charge in [-0.25, -0.2) is 0 Å². The van der Waals surface area contributed by atoms with Gasteiger partial charge in [0, 0.05) is 0 Å². The molecule has 2 heteroatoms. The lowest BCUT2D eigenvalue weighted by atomic mass is 9.47. The van der Waals surface area contributed by atoms with Crippen molar-refractivity contribution in [2.45, 2.75) is 116 Å². The number of aliphatic hydroxyl groups excluding tert-OH is 2. The van der Waals surface area contributed by atoms with E-state index in [1.54, 1.807) is 5.57 Å². The van der Waals surface area contributed by atoms with E-state index in [9.17, 15) is 10.2 Å². The van der Waals surface area contributed by atoms with E-state index in [1.165, 1.54) is 64.2 Å².